The molecule has 0 aliphatic heterocycles. The van der Waals surface area contributed by atoms with E-state index in [1.165, 1.54) is 0 Å². The summed E-state index contributed by atoms with van der Waals surface area (Å²) in [7, 11) is 0. The standard InChI is InChI=1S/C17H20N4O2/c1-2-9-21-11-15(10-18-21)20-17(23)13-5-7-14(8-6-13)19-16(22)12-3-4-12/h5-8,10-12H,2-4,9H2,1H3,(H,19,22)(H,20,23). The summed E-state index contributed by atoms with van der Waals surface area (Å²) in [6.07, 6.45) is 6.38. The molecule has 6 heteroatoms. The van der Waals surface area contributed by atoms with Gasteiger partial charge in [0.15, 0.2) is 0 Å². The third-order valence-electron chi connectivity index (χ3n) is 3.71. The fraction of sp³-hybridized carbons (Fsp3) is 0.353. The topological polar surface area (TPSA) is 76.0 Å². The number of nitrogens with zero attached hydrogens (tertiary/aromatic N) is 2. The normalized spacial score (nSPS) is 13.6. The highest BCUT2D eigenvalue weighted by Crippen LogP contribution is 2.30. The van der Waals surface area contributed by atoms with Gasteiger partial charge in [-0.3, -0.25) is 14.3 Å². The lowest BCUT2D eigenvalue weighted by atomic mass is 10.2. The number of benzene rings is 1. The van der Waals surface area contributed by atoms with Gasteiger partial charge in [-0.15, -0.1) is 0 Å². The molecule has 0 unspecified atom stereocenters. The van der Waals surface area contributed by atoms with Gasteiger partial charge in [0, 0.05) is 29.9 Å². The molecular formula is C17H20N4O2. The largest absolute Gasteiger partial charge is 0.326 e. The van der Waals surface area contributed by atoms with E-state index in [-0.39, 0.29) is 17.7 Å². The molecule has 0 spiro atoms. The molecule has 1 aromatic heterocycles. The highest BCUT2D eigenvalue weighted by Gasteiger charge is 2.29. The summed E-state index contributed by atoms with van der Waals surface area (Å²) in [5.41, 5.74) is 1.93. The van der Waals surface area contributed by atoms with Gasteiger partial charge in [0.05, 0.1) is 11.9 Å². The minimum Gasteiger partial charge on any atom is -0.326 e. The molecule has 0 radical (unpaired) electrons. The second kappa shape index (κ2) is 6.64. The molecule has 0 bridgehead atoms. The quantitative estimate of drug-likeness (QED) is 0.861. The molecular weight excluding hydrogens is 292 g/mol. The first kappa shape index (κ1) is 15.3. The molecule has 0 saturated heterocycles. The number of anilines is 2. The van der Waals surface area contributed by atoms with Gasteiger partial charge >= 0.3 is 0 Å². The summed E-state index contributed by atoms with van der Waals surface area (Å²) in [5, 5.41) is 9.85. The molecule has 2 N–H and O–H groups in total. The molecule has 1 aromatic carbocycles. The van der Waals surface area contributed by atoms with Crippen molar-refractivity contribution in [3.05, 3.63) is 42.2 Å². The maximum Gasteiger partial charge on any atom is 0.255 e. The van der Waals surface area contributed by atoms with E-state index in [0.717, 1.165) is 25.8 Å². The average molecular weight is 312 g/mol. The van der Waals surface area contributed by atoms with Crippen LogP contribution >= 0.6 is 0 Å². The first-order chi connectivity index (χ1) is 11.2. The number of aromatic nitrogens is 2. The van der Waals surface area contributed by atoms with E-state index in [1.807, 2.05) is 6.20 Å². The second-order valence-electron chi connectivity index (χ2n) is 5.79. The van der Waals surface area contributed by atoms with Crippen LogP contribution in [0, 0.1) is 5.92 Å². The van der Waals surface area contributed by atoms with E-state index < -0.39 is 0 Å². The van der Waals surface area contributed by atoms with Crippen molar-refractivity contribution in [2.24, 2.45) is 5.92 Å². The Morgan fingerprint density at radius 3 is 2.57 bits per heavy atom. The molecule has 1 fully saturated rings. The predicted octanol–water partition coefficient (Wildman–Crippen LogP) is 2.89. The lowest BCUT2D eigenvalue weighted by Gasteiger charge is -2.06. The van der Waals surface area contributed by atoms with Crippen LogP contribution < -0.4 is 10.6 Å². The van der Waals surface area contributed by atoms with E-state index in [2.05, 4.69) is 22.7 Å². The molecule has 2 amide bonds. The van der Waals surface area contributed by atoms with Crippen LogP contribution in [0.4, 0.5) is 11.4 Å². The van der Waals surface area contributed by atoms with Gasteiger partial charge in [0.25, 0.3) is 5.91 Å². The Balaban J connectivity index is 1.59. The molecule has 120 valence electrons. The Hall–Kier alpha value is -2.63. The van der Waals surface area contributed by atoms with E-state index in [0.29, 0.717) is 16.9 Å². The first-order valence-electron chi connectivity index (χ1n) is 7.90. The first-order valence-corrected chi connectivity index (χ1v) is 7.90. The third kappa shape index (κ3) is 3.97. The van der Waals surface area contributed by atoms with Crippen molar-refractivity contribution in [3.63, 3.8) is 0 Å². The highest BCUT2D eigenvalue weighted by atomic mass is 16.2. The summed E-state index contributed by atoms with van der Waals surface area (Å²) in [5.74, 6) is 0.0318. The monoisotopic (exact) mass is 312 g/mol. The summed E-state index contributed by atoms with van der Waals surface area (Å²) in [6, 6.07) is 6.90. The minimum absolute atomic E-state index is 0.0607. The van der Waals surface area contributed by atoms with Crippen LogP contribution in [0.25, 0.3) is 0 Å². The zero-order valence-electron chi connectivity index (χ0n) is 13.1. The SMILES string of the molecule is CCCn1cc(NC(=O)c2ccc(NC(=O)C3CC3)cc2)cn1. The molecule has 23 heavy (non-hydrogen) atoms. The molecule has 1 saturated carbocycles. The Kier molecular flexibility index (Phi) is 4.41. The van der Waals surface area contributed by atoms with Crippen LogP contribution in [0.2, 0.25) is 0 Å². The minimum atomic E-state index is -0.193. The van der Waals surface area contributed by atoms with Crippen LogP contribution in [0.3, 0.4) is 0 Å². The molecule has 6 nitrogen and oxygen atoms in total. The molecule has 1 heterocycles. The van der Waals surface area contributed by atoms with E-state index in [9.17, 15) is 9.59 Å². The fourth-order valence-corrected chi connectivity index (χ4v) is 2.28. The summed E-state index contributed by atoms with van der Waals surface area (Å²) in [4.78, 5) is 23.9. The zero-order chi connectivity index (χ0) is 16.2. The number of carbonyl (C=O) groups is 2. The Morgan fingerprint density at radius 2 is 1.91 bits per heavy atom. The Bertz CT molecular complexity index is 702. The van der Waals surface area contributed by atoms with Gasteiger partial charge in [-0.2, -0.15) is 5.10 Å². The van der Waals surface area contributed by atoms with Crippen LogP contribution in [0.15, 0.2) is 36.7 Å². The maximum absolute atomic E-state index is 12.2. The molecule has 3 rings (SSSR count). The third-order valence-corrected chi connectivity index (χ3v) is 3.71. The predicted molar refractivity (Wildman–Crippen MR) is 88.3 cm³/mol. The van der Waals surface area contributed by atoms with Crippen molar-refractivity contribution < 1.29 is 9.59 Å². The number of aryl methyl sites for hydroxylation is 1. The molecule has 1 aliphatic carbocycles. The summed E-state index contributed by atoms with van der Waals surface area (Å²) < 4.78 is 1.80. The number of amides is 2. The molecule has 1 aliphatic rings. The summed E-state index contributed by atoms with van der Waals surface area (Å²) >= 11 is 0. The van der Waals surface area contributed by atoms with E-state index in [1.54, 1.807) is 35.1 Å². The highest BCUT2D eigenvalue weighted by molar-refractivity contribution is 6.04. The molecule has 2 aromatic rings. The average Bonchev–Trinajstić information content (AvgIpc) is 3.31. The van der Waals surface area contributed by atoms with Crippen molar-refractivity contribution >= 4 is 23.2 Å². The van der Waals surface area contributed by atoms with E-state index in [4.69, 9.17) is 0 Å². The Labute approximate surface area is 134 Å². The lowest BCUT2D eigenvalue weighted by molar-refractivity contribution is -0.117. The van der Waals surface area contributed by atoms with Gasteiger partial charge < -0.3 is 10.6 Å². The van der Waals surface area contributed by atoms with Crippen LogP contribution in [-0.4, -0.2) is 21.6 Å². The fourth-order valence-electron chi connectivity index (χ4n) is 2.28. The van der Waals surface area contributed by atoms with Crippen molar-refractivity contribution in [1.29, 1.82) is 0 Å². The van der Waals surface area contributed by atoms with Crippen molar-refractivity contribution in [3.8, 4) is 0 Å². The number of nitrogens with one attached hydrogen (secondary N) is 2. The second-order valence-corrected chi connectivity index (χ2v) is 5.79. The number of hydrogen-bond donors (Lipinski definition) is 2. The zero-order valence-corrected chi connectivity index (χ0v) is 13.1. The lowest BCUT2D eigenvalue weighted by Crippen LogP contribution is -2.14. The van der Waals surface area contributed by atoms with Crippen molar-refractivity contribution in [2.45, 2.75) is 32.7 Å². The van der Waals surface area contributed by atoms with Crippen molar-refractivity contribution in [1.82, 2.24) is 9.78 Å². The van der Waals surface area contributed by atoms with Crippen molar-refractivity contribution in [2.75, 3.05) is 10.6 Å². The summed E-state index contributed by atoms with van der Waals surface area (Å²) in [6.45, 7) is 2.90. The number of carbonyl (C=O) groups excluding carboxylic acids is 2. The van der Waals surface area contributed by atoms with Crippen LogP contribution in [0.5, 0.6) is 0 Å². The smallest absolute Gasteiger partial charge is 0.255 e. The van der Waals surface area contributed by atoms with Gasteiger partial charge in [-0.25, -0.2) is 0 Å². The van der Waals surface area contributed by atoms with Gasteiger partial charge in [0.1, 0.15) is 0 Å². The van der Waals surface area contributed by atoms with Crippen LogP contribution in [0.1, 0.15) is 36.5 Å². The van der Waals surface area contributed by atoms with Gasteiger partial charge in [-0.1, -0.05) is 6.92 Å². The maximum atomic E-state index is 12.2. The molecule has 0 atom stereocenters. The number of hydrogen-bond acceptors (Lipinski definition) is 3. The Morgan fingerprint density at radius 1 is 1.17 bits per heavy atom. The van der Waals surface area contributed by atoms with Gasteiger partial charge in [0.2, 0.25) is 5.91 Å². The van der Waals surface area contributed by atoms with Gasteiger partial charge in [-0.05, 0) is 43.5 Å². The number of rotatable bonds is 6. The van der Waals surface area contributed by atoms with E-state index >= 15 is 0 Å². The van der Waals surface area contributed by atoms with Crippen LogP contribution in [-0.2, 0) is 11.3 Å².